The molecule has 0 aromatic heterocycles. The fourth-order valence-corrected chi connectivity index (χ4v) is 5.68. The molecule has 1 unspecified atom stereocenters. The molecule has 0 spiro atoms. The molecule has 3 rings (SSSR count). The van der Waals surface area contributed by atoms with Gasteiger partial charge in [0.15, 0.2) is 0 Å². The Morgan fingerprint density at radius 3 is 2.60 bits per heavy atom. The molecule has 35 heavy (non-hydrogen) atoms. The van der Waals surface area contributed by atoms with Crippen LogP contribution in [0.1, 0.15) is 96.0 Å². The van der Waals surface area contributed by atoms with Crippen LogP contribution in [0, 0.1) is 17.8 Å². The molecule has 6 heteroatoms. The van der Waals surface area contributed by atoms with Crippen molar-refractivity contribution in [2.24, 2.45) is 17.8 Å². The first-order chi connectivity index (χ1) is 16.9. The van der Waals surface area contributed by atoms with Crippen LogP contribution in [-0.4, -0.2) is 30.4 Å². The Hall–Kier alpha value is -1.82. The first-order valence-corrected chi connectivity index (χ1v) is 13.6. The van der Waals surface area contributed by atoms with Crippen molar-refractivity contribution in [2.75, 3.05) is 6.61 Å². The fourth-order valence-electron chi connectivity index (χ4n) is 5.68. The molecular weight excluding hydrogens is 450 g/mol. The molecule has 0 N–H and O–H groups in total. The Bertz CT molecular complexity index is 782. The number of hydrogen-bond acceptors (Lipinski definition) is 4. The zero-order chi connectivity index (χ0) is 25.1. The van der Waals surface area contributed by atoms with Gasteiger partial charge < -0.3 is 9.47 Å². The lowest BCUT2D eigenvalue weighted by atomic mass is 9.80. The highest BCUT2D eigenvalue weighted by Gasteiger charge is 2.46. The molecule has 1 heterocycles. The fraction of sp³-hybridized carbons (Fsp3) is 0.724. The molecule has 1 aliphatic heterocycles. The number of Topliss-reactive ketones (excluding diaryl/α,β-unsaturated/α-hetero) is 1. The van der Waals surface area contributed by atoms with Crippen LogP contribution in [0.25, 0.3) is 0 Å². The van der Waals surface area contributed by atoms with Crippen LogP contribution < -0.4 is 0 Å². The van der Waals surface area contributed by atoms with Gasteiger partial charge in [0.05, 0.1) is 6.10 Å². The average Bonchev–Trinajstić information content (AvgIpc) is 3.12. The van der Waals surface area contributed by atoms with E-state index in [2.05, 4.69) is 0 Å². The van der Waals surface area contributed by atoms with Gasteiger partial charge in [0, 0.05) is 37.7 Å². The van der Waals surface area contributed by atoms with Gasteiger partial charge in [0.2, 0.25) is 0 Å². The minimum atomic E-state index is -2.65. The van der Waals surface area contributed by atoms with Crippen molar-refractivity contribution in [2.45, 2.75) is 109 Å². The Morgan fingerprint density at radius 1 is 1.06 bits per heavy atom. The molecular formula is C29H42F2O4. The summed E-state index contributed by atoms with van der Waals surface area (Å²) in [6.45, 7) is 2.57. The second kappa shape index (κ2) is 14.1. The van der Waals surface area contributed by atoms with E-state index in [4.69, 9.17) is 9.47 Å². The summed E-state index contributed by atoms with van der Waals surface area (Å²) in [5.74, 6) is -3.24. The minimum Gasteiger partial charge on any atom is -0.461 e. The standard InChI is InChI=1S/C29H42F2O4/c1-2-3-18-29(30,31)23-15-16-25-24(26(32)20-27(25)34-19-17-23)13-9-4-5-10-14-28(33)35-21-22-11-7-6-8-12-22/h6-8,11-12,23-25,27H,2-5,9-10,13-21H2,1H3/t23-,24?,25-,27-/m1/s1. The summed E-state index contributed by atoms with van der Waals surface area (Å²) in [5.41, 5.74) is 0.981. The average molecular weight is 493 g/mol. The topological polar surface area (TPSA) is 52.6 Å². The number of esters is 1. The Balaban J connectivity index is 1.35. The van der Waals surface area contributed by atoms with Crippen molar-refractivity contribution >= 4 is 11.8 Å². The van der Waals surface area contributed by atoms with E-state index >= 15 is 0 Å². The predicted molar refractivity (Wildman–Crippen MR) is 132 cm³/mol. The lowest BCUT2D eigenvalue weighted by Crippen LogP contribution is -2.34. The van der Waals surface area contributed by atoms with Crippen molar-refractivity contribution in [3.8, 4) is 0 Å². The number of benzene rings is 1. The van der Waals surface area contributed by atoms with Crippen LogP contribution in [0.2, 0.25) is 0 Å². The quantitative estimate of drug-likeness (QED) is 0.214. The van der Waals surface area contributed by atoms with E-state index in [9.17, 15) is 18.4 Å². The smallest absolute Gasteiger partial charge is 0.306 e. The van der Waals surface area contributed by atoms with Gasteiger partial charge in [-0.15, -0.1) is 0 Å². The maximum atomic E-state index is 14.7. The second-order valence-electron chi connectivity index (χ2n) is 10.4. The number of alkyl halides is 2. The van der Waals surface area contributed by atoms with E-state index in [1.807, 2.05) is 37.3 Å². The first kappa shape index (κ1) is 27.8. The monoisotopic (exact) mass is 492 g/mol. The maximum absolute atomic E-state index is 14.7. The third kappa shape index (κ3) is 8.66. The predicted octanol–water partition coefficient (Wildman–Crippen LogP) is 7.29. The van der Waals surface area contributed by atoms with Gasteiger partial charge in [-0.05, 0) is 50.0 Å². The zero-order valence-electron chi connectivity index (χ0n) is 21.2. The van der Waals surface area contributed by atoms with Gasteiger partial charge in [-0.2, -0.15) is 0 Å². The molecule has 0 amide bonds. The van der Waals surface area contributed by atoms with Crippen LogP contribution in [0.15, 0.2) is 30.3 Å². The summed E-state index contributed by atoms with van der Waals surface area (Å²) in [6, 6.07) is 9.64. The van der Waals surface area contributed by atoms with E-state index in [1.54, 1.807) is 0 Å². The molecule has 1 aromatic rings. The highest BCUT2D eigenvalue weighted by atomic mass is 19.3. The largest absolute Gasteiger partial charge is 0.461 e. The number of ketones is 1. The van der Waals surface area contributed by atoms with Crippen molar-refractivity contribution in [3.63, 3.8) is 0 Å². The van der Waals surface area contributed by atoms with Crippen molar-refractivity contribution in [1.82, 2.24) is 0 Å². The summed E-state index contributed by atoms with van der Waals surface area (Å²) in [7, 11) is 0. The number of rotatable bonds is 13. The molecule has 2 aliphatic rings. The highest BCUT2D eigenvalue weighted by molar-refractivity contribution is 5.84. The van der Waals surface area contributed by atoms with E-state index in [-0.39, 0.29) is 36.1 Å². The lowest BCUT2D eigenvalue weighted by Gasteiger charge is -2.33. The molecule has 4 nitrogen and oxygen atoms in total. The van der Waals surface area contributed by atoms with Gasteiger partial charge in [-0.25, -0.2) is 8.78 Å². The molecule has 196 valence electrons. The van der Waals surface area contributed by atoms with Gasteiger partial charge in [-0.1, -0.05) is 62.9 Å². The number of ether oxygens (including phenoxy) is 2. The Kier molecular flexibility index (Phi) is 11.1. The third-order valence-electron chi connectivity index (χ3n) is 7.81. The zero-order valence-corrected chi connectivity index (χ0v) is 21.2. The Labute approximate surface area is 209 Å². The van der Waals surface area contributed by atoms with Crippen LogP contribution in [0.5, 0.6) is 0 Å². The lowest BCUT2D eigenvalue weighted by molar-refractivity contribution is -0.145. The first-order valence-electron chi connectivity index (χ1n) is 13.6. The minimum absolute atomic E-state index is 0.0512. The van der Waals surface area contributed by atoms with Crippen LogP contribution in [-0.2, 0) is 25.7 Å². The highest BCUT2D eigenvalue weighted by Crippen LogP contribution is 2.44. The number of carbonyl (C=O) groups excluding carboxylic acids is 2. The summed E-state index contributed by atoms with van der Waals surface area (Å²) in [4.78, 5) is 24.6. The van der Waals surface area contributed by atoms with Crippen molar-refractivity contribution < 1.29 is 27.8 Å². The van der Waals surface area contributed by atoms with Gasteiger partial charge >= 0.3 is 5.97 Å². The van der Waals surface area contributed by atoms with E-state index in [0.717, 1.165) is 44.1 Å². The van der Waals surface area contributed by atoms with E-state index in [1.165, 1.54) is 0 Å². The number of unbranched alkanes of at least 4 members (excludes halogenated alkanes) is 4. The molecule has 0 radical (unpaired) electrons. The summed E-state index contributed by atoms with van der Waals surface area (Å²) in [6.07, 6.45) is 7.86. The van der Waals surface area contributed by atoms with Crippen molar-refractivity contribution in [3.05, 3.63) is 35.9 Å². The molecule has 1 saturated heterocycles. The van der Waals surface area contributed by atoms with E-state index < -0.39 is 11.8 Å². The molecule has 1 saturated carbocycles. The van der Waals surface area contributed by atoms with E-state index in [0.29, 0.717) is 51.7 Å². The molecule has 4 atom stereocenters. The van der Waals surface area contributed by atoms with Crippen LogP contribution in [0.4, 0.5) is 8.78 Å². The third-order valence-corrected chi connectivity index (χ3v) is 7.81. The summed E-state index contributed by atoms with van der Waals surface area (Å²) < 4.78 is 40.6. The molecule has 1 aromatic carbocycles. The molecule has 0 bridgehead atoms. The van der Waals surface area contributed by atoms with Crippen LogP contribution >= 0.6 is 0 Å². The van der Waals surface area contributed by atoms with Gasteiger partial charge in [0.25, 0.3) is 5.92 Å². The molecule has 1 aliphatic carbocycles. The van der Waals surface area contributed by atoms with Gasteiger partial charge in [-0.3, -0.25) is 9.59 Å². The second-order valence-corrected chi connectivity index (χ2v) is 10.4. The summed E-state index contributed by atoms with van der Waals surface area (Å²) >= 11 is 0. The maximum Gasteiger partial charge on any atom is 0.306 e. The summed E-state index contributed by atoms with van der Waals surface area (Å²) in [5, 5.41) is 0. The van der Waals surface area contributed by atoms with Gasteiger partial charge in [0.1, 0.15) is 12.4 Å². The number of carbonyl (C=O) groups is 2. The number of fused-ring (bicyclic) bond motifs is 1. The van der Waals surface area contributed by atoms with Crippen molar-refractivity contribution in [1.29, 1.82) is 0 Å². The number of halogens is 2. The normalized spacial score (nSPS) is 25.1. The Morgan fingerprint density at radius 2 is 1.83 bits per heavy atom. The number of hydrogen-bond donors (Lipinski definition) is 0. The SMILES string of the molecule is CCCCC(F)(F)[C@H]1CCO[C@@H]2CC(=O)C(CCCCCCC(=O)OCc3ccccc3)[C@H]2CC1. The van der Waals surface area contributed by atoms with Crippen LogP contribution in [0.3, 0.4) is 0 Å². The molecule has 2 fully saturated rings.